The van der Waals surface area contributed by atoms with Crippen LogP contribution in [0.4, 0.5) is 5.82 Å². The van der Waals surface area contributed by atoms with Crippen LogP contribution in [0, 0.1) is 0 Å². The fraction of sp³-hybridized carbons (Fsp3) is 0.476. The normalized spacial score (nSPS) is 26.1. The van der Waals surface area contributed by atoms with E-state index in [1.54, 1.807) is 30.6 Å². The highest BCUT2D eigenvalue weighted by molar-refractivity contribution is 7.52. The summed E-state index contributed by atoms with van der Waals surface area (Å²) < 4.78 is 36.1. The number of para-hydroxylation sites is 1. The summed E-state index contributed by atoms with van der Waals surface area (Å²) in [4.78, 5) is 28.0. The van der Waals surface area contributed by atoms with E-state index in [1.807, 2.05) is 0 Å². The first-order valence-electron chi connectivity index (χ1n) is 11.0. The predicted molar refractivity (Wildman–Crippen MR) is 124 cm³/mol. The minimum absolute atomic E-state index is 0.109. The van der Waals surface area contributed by atoms with Crippen LogP contribution in [0.1, 0.15) is 27.0 Å². The van der Waals surface area contributed by atoms with Gasteiger partial charge in [-0.15, -0.1) is 0 Å². The molecular weight excluding hydrogens is 499 g/mol. The number of aliphatic hydroxyl groups is 2. The monoisotopic (exact) mass is 528 g/mol. The van der Waals surface area contributed by atoms with E-state index in [0.717, 1.165) is 4.57 Å². The highest BCUT2D eigenvalue weighted by atomic mass is 31.2. The molecule has 2 heterocycles. The van der Waals surface area contributed by atoms with Crippen molar-refractivity contribution in [1.29, 1.82) is 0 Å². The second kappa shape index (κ2) is 11.5. The second-order valence-corrected chi connectivity index (χ2v) is 9.81. The molecule has 0 saturated carbocycles. The predicted octanol–water partition coefficient (Wildman–Crippen LogP) is 0.799. The summed E-state index contributed by atoms with van der Waals surface area (Å²) in [6.45, 7) is 3.83. The maximum atomic E-state index is 13.5. The lowest BCUT2D eigenvalue weighted by atomic mass is 9.96. The van der Waals surface area contributed by atoms with Gasteiger partial charge in [0.15, 0.2) is 12.0 Å². The van der Waals surface area contributed by atoms with Gasteiger partial charge in [0.25, 0.3) is 0 Å². The Morgan fingerprint density at radius 2 is 2.03 bits per heavy atom. The Labute approximate surface area is 206 Å². The number of benzene rings is 1. The molecule has 15 heteroatoms. The van der Waals surface area contributed by atoms with Gasteiger partial charge >= 0.3 is 19.4 Å². The average Bonchev–Trinajstić information content (AvgIpc) is 3.06. The van der Waals surface area contributed by atoms with Crippen molar-refractivity contribution in [3.63, 3.8) is 0 Å². The summed E-state index contributed by atoms with van der Waals surface area (Å²) in [6, 6.07) is 8.23. The Kier molecular flexibility index (Phi) is 8.84. The number of aromatic nitrogens is 2. The molecule has 1 saturated heterocycles. The maximum Gasteiger partial charge on any atom is 0.459 e. The van der Waals surface area contributed by atoms with Crippen molar-refractivity contribution in [2.24, 2.45) is 0 Å². The van der Waals surface area contributed by atoms with Gasteiger partial charge in [0.1, 0.15) is 29.6 Å². The van der Waals surface area contributed by atoms with Crippen LogP contribution in [-0.2, 0) is 23.4 Å². The zero-order valence-corrected chi connectivity index (χ0v) is 20.7. The molecule has 1 aliphatic heterocycles. The number of hydrogen-bond donors (Lipinski definition) is 5. The minimum Gasteiger partial charge on any atom is -0.465 e. The number of anilines is 1. The molecule has 14 nitrogen and oxygen atoms in total. The molecule has 0 radical (unpaired) electrons. The SMILES string of the molecule is CCOC(=O)[C@H](C)NP(=O)(OC[C@H]1O[C@@H](n2ccc(NO)nc2=O)[C@](C)(O)C1O)Oc1ccccc1. The number of ether oxygens (including phenoxy) is 2. The molecule has 2 aromatic rings. The van der Waals surface area contributed by atoms with Crippen molar-refractivity contribution in [3.05, 3.63) is 53.1 Å². The largest absolute Gasteiger partial charge is 0.465 e. The molecule has 1 aromatic carbocycles. The van der Waals surface area contributed by atoms with Gasteiger partial charge in [0.2, 0.25) is 0 Å². The van der Waals surface area contributed by atoms with Crippen LogP contribution < -0.4 is 20.8 Å². The van der Waals surface area contributed by atoms with E-state index in [4.69, 9.17) is 23.7 Å². The van der Waals surface area contributed by atoms with Crippen LogP contribution in [0.3, 0.4) is 0 Å². The van der Waals surface area contributed by atoms with Crippen LogP contribution >= 0.6 is 7.75 Å². The Morgan fingerprint density at radius 1 is 1.33 bits per heavy atom. The van der Waals surface area contributed by atoms with E-state index in [2.05, 4.69) is 10.1 Å². The van der Waals surface area contributed by atoms with Crippen LogP contribution in [0.15, 0.2) is 47.4 Å². The molecule has 3 rings (SSSR count). The summed E-state index contributed by atoms with van der Waals surface area (Å²) in [5, 5.41) is 33.0. The summed E-state index contributed by atoms with van der Waals surface area (Å²) in [5.74, 6) is -0.640. The van der Waals surface area contributed by atoms with Gasteiger partial charge < -0.3 is 24.2 Å². The van der Waals surface area contributed by atoms with Crippen molar-refractivity contribution in [2.45, 2.75) is 50.8 Å². The van der Waals surface area contributed by atoms with Crippen molar-refractivity contribution in [3.8, 4) is 5.75 Å². The van der Waals surface area contributed by atoms with E-state index < -0.39 is 56.1 Å². The molecule has 6 atom stereocenters. The van der Waals surface area contributed by atoms with Crippen molar-refractivity contribution in [1.82, 2.24) is 14.6 Å². The van der Waals surface area contributed by atoms with Gasteiger partial charge in [-0.1, -0.05) is 18.2 Å². The molecule has 36 heavy (non-hydrogen) atoms. The van der Waals surface area contributed by atoms with Gasteiger partial charge in [0, 0.05) is 6.20 Å². The Balaban J connectivity index is 1.79. The number of hydrogen-bond acceptors (Lipinski definition) is 12. The Morgan fingerprint density at radius 3 is 2.64 bits per heavy atom. The third-order valence-electron chi connectivity index (χ3n) is 5.32. The van der Waals surface area contributed by atoms with Crippen LogP contribution in [-0.4, -0.2) is 68.0 Å². The number of rotatable bonds is 11. The van der Waals surface area contributed by atoms with Gasteiger partial charge in [-0.2, -0.15) is 10.1 Å². The smallest absolute Gasteiger partial charge is 0.459 e. The summed E-state index contributed by atoms with van der Waals surface area (Å²) in [5.41, 5.74) is -1.13. The zero-order valence-electron chi connectivity index (χ0n) is 19.8. The third kappa shape index (κ3) is 6.28. The van der Waals surface area contributed by atoms with Crippen LogP contribution in [0.2, 0.25) is 0 Å². The lowest BCUT2D eigenvalue weighted by Crippen LogP contribution is -2.46. The highest BCUT2D eigenvalue weighted by Crippen LogP contribution is 2.46. The van der Waals surface area contributed by atoms with E-state index in [0.29, 0.717) is 0 Å². The maximum absolute atomic E-state index is 13.5. The Hall–Kier alpha value is -2.84. The molecule has 0 spiro atoms. The summed E-state index contributed by atoms with van der Waals surface area (Å²) in [7, 11) is -4.25. The van der Waals surface area contributed by atoms with Crippen LogP contribution in [0.25, 0.3) is 0 Å². The number of nitrogens with zero attached hydrogens (tertiary/aromatic N) is 2. The third-order valence-corrected chi connectivity index (χ3v) is 6.96. The molecule has 1 aliphatic rings. The fourth-order valence-electron chi connectivity index (χ4n) is 3.47. The minimum atomic E-state index is -4.25. The molecule has 2 unspecified atom stereocenters. The molecular formula is C21H29N4O10P. The lowest BCUT2D eigenvalue weighted by Gasteiger charge is -2.27. The first kappa shape index (κ1) is 27.7. The van der Waals surface area contributed by atoms with E-state index in [9.17, 15) is 24.4 Å². The average molecular weight is 528 g/mol. The standard InChI is InChI=1S/C21H29N4O10P/c1-4-32-18(27)13(2)24-36(31,35-14-8-6-5-7-9-14)33-12-15-17(26)21(3,29)19(34-15)25-11-10-16(23-30)22-20(25)28/h5-11,13,15,17,19,26,29-30H,4,12H2,1-3H3,(H,24,31)(H,22,23,28)/t13-,15+,17?,19+,21+,36?/m0/s1. The fourth-order valence-corrected chi connectivity index (χ4v) is 4.97. The number of carbonyl (C=O) groups excluding carboxylic acids is 1. The van der Waals surface area contributed by atoms with E-state index in [-0.39, 0.29) is 18.2 Å². The van der Waals surface area contributed by atoms with E-state index in [1.165, 1.54) is 38.2 Å². The first-order chi connectivity index (χ1) is 17.0. The zero-order chi connectivity index (χ0) is 26.5. The summed E-state index contributed by atoms with van der Waals surface area (Å²) in [6.07, 6.45) is -3.04. The molecule has 5 N–H and O–H groups in total. The molecule has 0 aliphatic carbocycles. The van der Waals surface area contributed by atoms with Gasteiger partial charge in [-0.05, 0) is 39.0 Å². The molecule has 1 fully saturated rings. The Bertz CT molecular complexity index is 1150. The molecule has 0 amide bonds. The topological polar surface area (TPSA) is 191 Å². The van der Waals surface area contributed by atoms with Gasteiger partial charge in [-0.25, -0.2) is 9.36 Å². The van der Waals surface area contributed by atoms with Crippen molar-refractivity contribution >= 4 is 19.5 Å². The van der Waals surface area contributed by atoms with Gasteiger partial charge in [0.05, 0.1) is 13.2 Å². The molecule has 198 valence electrons. The van der Waals surface area contributed by atoms with Crippen LogP contribution in [0.5, 0.6) is 5.75 Å². The van der Waals surface area contributed by atoms with E-state index >= 15 is 0 Å². The summed E-state index contributed by atoms with van der Waals surface area (Å²) >= 11 is 0. The highest BCUT2D eigenvalue weighted by Gasteiger charge is 2.54. The number of nitrogens with one attached hydrogen (secondary N) is 2. The molecule has 0 bridgehead atoms. The quantitative estimate of drug-likeness (QED) is 0.156. The first-order valence-corrected chi connectivity index (χ1v) is 12.5. The molecule has 1 aromatic heterocycles. The van der Waals surface area contributed by atoms with Crippen molar-refractivity contribution < 1.29 is 43.3 Å². The van der Waals surface area contributed by atoms with Crippen molar-refractivity contribution in [2.75, 3.05) is 18.7 Å². The second-order valence-electron chi connectivity index (χ2n) is 8.11. The lowest BCUT2D eigenvalue weighted by molar-refractivity contribution is -0.144. The number of esters is 1. The number of carbonyl (C=O) groups is 1. The van der Waals surface area contributed by atoms with Gasteiger partial charge in [-0.3, -0.25) is 24.6 Å². The number of aliphatic hydroxyl groups excluding tert-OH is 1.